The van der Waals surface area contributed by atoms with Gasteiger partial charge in [0.05, 0.1) is 12.5 Å². The highest BCUT2D eigenvalue weighted by molar-refractivity contribution is 5.82. The van der Waals surface area contributed by atoms with Gasteiger partial charge in [0, 0.05) is 26.2 Å². The minimum absolute atomic E-state index is 0.0859. The molecule has 4 heteroatoms. The lowest BCUT2D eigenvalue weighted by Crippen LogP contribution is -2.47. The Balaban J connectivity index is 2.86. The fraction of sp³-hybridized carbons (Fsp3) is 0.818. The molecular formula is C11H19N3O. The summed E-state index contributed by atoms with van der Waals surface area (Å²) in [7, 11) is 1.82. The first-order valence-electron chi connectivity index (χ1n) is 5.45. The van der Waals surface area contributed by atoms with Crippen LogP contribution in [0.1, 0.15) is 26.7 Å². The maximum atomic E-state index is 12.0. The molecule has 0 saturated carbocycles. The number of likely N-dealkylation sites (N-methyl/N-ethyl adjacent to an activating group) is 1. The molecule has 0 aliphatic carbocycles. The number of carbonyl (C=O) groups excluding carboxylic acids is 1. The third kappa shape index (κ3) is 2.69. The maximum Gasteiger partial charge on any atom is 0.240 e. The van der Waals surface area contributed by atoms with Gasteiger partial charge in [-0.2, -0.15) is 5.26 Å². The van der Waals surface area contributed by atoms with Crippen LogP contribution in [0.5, 0.6) is 0 Å². The Morgan fingerprint density at radius 1 is 1.53 bits per heavy atom. The number of nitrogens with zero attached hydrogens (tertiary/aromatic N) is 3. The average Bonchev–Trinajstić information content (AvgIpc) is 2.31. The van der Waals surface area contributed by atoms with Crippen molar-refractivity contribution in [3.63, 3.8) is 0 Å². The third-order valence-corrected chi connectivity index (χ3v) is 2.92. The van der Waals surface area contributed by atoms with Crippen LogP contribution in [0.3, 0.4) is 0 Å². The van der Waals surface area contributed by atoms with E-state index in [0.717, 1.165) is 19.5 Å². The van der Waals surface area contributed by atoms with E-state index in [1.165, 1.54) is 0 Å². The summed E-state index contributed by atoms with van der Waals surface area (Å²) in [5.41, 5.74) is 0. The highest BCUT2D eigenvalue weighted by Gasteiger charge is 2.31. The smallest absolute Gasteiger partial charge is 0.240 e. The molecule has 1 unspecified atom stereocenters. The highest BCUT2D eigenvalue weighted by atomic mass is 16.2. The van der Waals surface area contributed by atoms with Crippen molar-refractivity contribution in [2.75, 3.05) is 20.1 Å². The molecule has 0 spiro atoms. The summed E-state index contributed by atoms with van der Waals surface area (Å²) in [4.78, 5) is 15.9. The molecule has 1 aliphatic heterocycles. The summed E-state index contributed by atoms with van der Waals surface area (Å²) in [5.74, 6) is 0.0859. The van der Waals surface area contributed by atoms with Crippen LogP contribution in [-0.2, 0) is 4.79 Å². The van der Waals surface area contributed by atoms with Crippen LogP contribution in [0.4, 0.5) is 0 Å². The lowest BCUT2D eigenvalue weighted by Gasteiger charge is -2.31. The molecule has 1 rings (SSSR count). The first-order chi connectivity index (χ1) is 7.07. The molecule has 0 aromatic carbocycles. The fourth-order valence-electron chi connectivity index (χ4n) is 2.06. The normalized spacial score (nSPS) is 24.1. The predicted molar refractivity (Wildman–Crippen MR) is 58.1 cm³/mol. The SMILES string of the molecule is CC(C)N1CCCN(C)C(=O)C1CC#N. The maximum absolute atomic E-state index is 12.0. The molecule has 0 radical (unpaired) electrons. The van der Waals surface area contributed by atoms with Gasteiger partial charge >= 0.3 is 0 Å². The van der Waals surface area contributed by atoms with Gasteiger partial charge in [0.15, 0.2) is 0 Å². The van der Waals surface area contributed by atoms with E-state index in [2.05, 4.69) is 24.8 Å². The van der Waals surface area contributed by atoms with Gasteiger partial charge in [-0.3, -0.25) is 9.69 Å². The summed E-state index contributed by atoms with van der Waals surface area (Å²) < 4.78 is 0. The van der Waals surface area contributed by atoms with Crippen molar-refractivity contribution in [2.24, 2.45) is 0 Å². The predicted octanol–water partition coefficient (Wildman–Crippen LogP) is 0.841. The number of nitriles is 1. The molecule has 0 bridgehead atoms. The molecule has 1 atom stereocenters. The van der Waals surface area contributed by atoms with Crippen molar-refractivity contribution in [1.29, 1.82) is 5.26 Å². The highest BCUT2D eigenvalue weighted by Crippen LogP contribution is 2.16. The number of amides is 1. The Labute approximate surface area is 91.5 Å². The molecular weight excluding hydrogens is 190 g/mol. The zero-order valence-electron chi connectivity index (χ0n) is 9.73. The van der Waals surface area contributed by atoms with Crippen LogP contribution in [0.15, 0.2) is 0 Å². The van der Waals surface area contributed by atoms with Gasteiger partial charge < -0.3 is 4.90 Å². The van der Waals surface area contributed by atoms with Crippen LogP contribution < -0.4 is 0 Å². The van der Waals surface area contributed by atoms with Crippen LogP contribution in [0.2, 0.25) is 0 Å². The van der Waals surface area contributed by atoms with Crippen molar-refractivity contribution in [3.05, 3.63) is 0 Å². The van der Waals surface area contributed by atoms with Gasteiger partial charge in [-0.1, -0.05) is 0 Å². The molecule has 1 aliphatic rings. The standard InChI is InChI=1S/C11H19N3O/c1-9(2)14-8-4-7-13(3)11(15)10(14)5-6-12/h9-10H,4-5,7-8H2,1-3H3. The van der Waals surface area contributed by atoms with Crippen molar-refractivity contribution in [1.82, 2.24) is 9.80 Å². The molecule has 84 valence electrons. The second-order valence-electron chi connectivity index (χ2n) is 4.32. The molecule has 0 aromatic rings. The van der Waals surface area contributed by atoms with Crippen molar-refractivity contribution in [2.45, 2.75) is 38.8 Å². The monoisotopic (exact) mass is 209 g/mol. The summed E-state index contributed by atoms with van der Waals surface area (Å²) in [6, 6.07) is 2.18. The zero-order valence-corrected chi connectivity index (χ0v) is 9.73. The Kier molecular flexibility index (Phi) is 4.10. The van der Waals surface area contributed by atoms with Crippen molar-refractivity contribution in [3.8, 4) is 6.07 Å². The quantitative estimate of drug-likeness (QED) is 0.677. The summed E-state index contributed by atoms with van der Waals surface area (Å²) in [5, 5.41) is 8.77. The second kappa shape index (κ2) is 5.13. The Morgan fingerprint density at radius 3 is 2.73 bits per heavy atom. The molecule has 1 heterocycles. The lowest BCUT2D eigenvalue weighted by molar-refractivity contribution is -0.134. The van der Waals surface area contributed by atoms with Gasteiger partial charge in [-0.25, -0.2) is 0 Å². The Hall–Kier alpha value is -1.08. The largest absolute Gasteiger partial charge is 0.344 e. The van der Waals surface area contributed by atoms with E-state index in [-0.39, 0.29) is 11.9 Å². The summed E-state index contributed by atoms with van der Waals surface area (Å²) in [6.45, 7) is 5.84. The van der Waals surface area contributed by atoms with Gasteiger partial charge in [0.2, 0.25) is 5.91 Å². The minimum atomic E-state index is -0.248. The summed E-state index contributed by atoms with van der Waals surface area (Å²) in [6.07, 6.45) is 1.28. The first-order valence-corrected chi connectivity index (χ1v) is 5.45. The van der Waals surface area contributed by atoms with E-state index in [4.69, 9.17) is 5.26 Å². The number of hydrogen-bond donors (Lipinski definition) is 0. The van der Waals surface area contributed by atoms with E-state index in [9.17, 15) is 4.79 Å². The molecule has 0 N–H and O–H groups in total. The van der Waals surface area contributed by atoms with Crippen molar-refractivity contribution < 1.29 is 4.79 Å². The van der Waals surface area contributed by atoms with Gasteiger partial charge in [0.1, 0.15) is 6.04 Å². The molecule has 1 fully saturated rings. The van der Waals surface area contributed by atoms with Crippen LogP contribution in [0.25, 0.3) is 0 Å². The Bertz CT molecular complexity index is 269. The minimum Gasteiger partial charge on any atom is -0.344 e. The van der Waals surface area contributed by atoms with Gasteiger partial charge in [-0.05, 0) is 20.3 Å². The first kappa shape index (κ1) is 12.0. The number of rotatable bonds is 2. The number of hydrogen-bond acceptors (Lipinski definition) is 3. The van der Waals surface area contributed by atoms with Crippen LogP contribution >= 0.6 is 0 Å². The molecule has 1 saturated heterocycles. The third-order valence-electron chi connectivity index (χ3n) is 2.92. The fourth-order valence-corrected chi connectivity index (χ4v) is 2.06. The summed E-state index contributed by atoms with van der Waals surface area (Å²) >= 11 is 0. The lowest BCUT2D eigenvalue weighted by atomic mass is 10.1. The molecule has 1 amide bonds. The van der Waals surface area contributed by atoms with Crippen molar-refractivity contribution >= 4 is 5.91 Å². The Morgan fingerprint density at radius 2 is 2.20 bits per heavy atom. The van der Waals surface area contributed by atoms with E-state index in [1.807, 2.05) is 7.05 Å². The molecule has 0 aromatic heterocycles. The second-order valence-corrected chi connectivity index (χ2v) is 4.32. The van der Waals surface area contributed by atoms with Crippen LogP contribution in [0, 0.1) is 11.3 Å². The van der Waals surface area contributed by atoms with Crippen LogP contribution in [-0.4, -0.2) is 47.9 Å². The van der Waals surface area contributed by atoms with E-state index < -0.39 is 0 Å². The van der Waals surface area contributed by atoms with E-state index in [1.54, 1.807) is 4.90 Å². The van der Waals surface area contributed by atoms with Gasteiger partial charge in [-0.15, -0.1) is 0 Å². The molecule has 15 heavy (non-hydrogen) atoms. The topological polar surface area (TPSA) is 47.3 Å². The average molecular weight is 209 g/mol. The molecule has 4 nitrogen and oxygen atoms in total. The number of carbonyl (C=O) groups is 1. The van der Waals surface area contributed by atoms with E-state index >= 15 is 0 Å². The van der Waals surface area contributed by atoms with E-state index in [0.29, 0.717) is 12.5 Å². The zero-order chi connectivity index (χ0) is 11.4. The van der Waals surface area contributed by atoms with Gasteiger partial charge in [0.25, 0.3) is 0 Å².